The van der Waals surface area contributed by atoms with Gasteiger partial charge < -0.3 is 4.74 Å². The van der Waals surface area contributed by atoms with E-state index in [2.05, 4.69) is 31.4 Å². The molecule has 0 saturated carbocycles. The van der Waals surface area contributed by atoms with Gasteiger partial charge in [-0.25, -0.2) is 10.2 Å². The fraction of sp³-hybridized carbons (Fsp3) is 0. The fourth-order valence-corrected chi connectivity index (χ4v) is 2.56. The number of amides is 1. The van der Waals surface area contributed by atoms with Crippen LogP contribution in [0, 0.1) is 0 Å². The number of hydrogen-bond donors (Lipinski definition) is 1. The normalized spacial score (nSPS) is 10.6. The second kappa shape index (κ2) is 8.86. The van der Waals surface area contributed by atoms with Gasteiger partial charge in [0, 0.05) is 10.7 Å². The van der Waals surface area contributed by atoms with Gasteiger partial charge in [0.25, 0.3) is 5.91 Å². The molecule has 134 valence electrons. The second-order valence-corrected chi connectivity index (χ2v) is 6.30. The molecule has 0 atom stereocenters. The van der Waals surface area contributed by atoms with Crippen LogP contribution in [0.25, 0.3) is 0 Å². The number of carbonyl (C=O) groups excluding carboxylic acids is 2. The summed E-state index contributed by atoms with van der Waals surface area (Å²) in [5, 5.41) is 3.90. The van der Waals surface area contributed by atoms with Crippen molar-refractivity contribution in [2.75, 3.05) is 0 Å². The molecule has 3 aromatic rings. The molecule has 0 aliphatic rings. The Labute approximate surface area is 164 Å². The van der Waals surface area contributed by atoms with Crippen LogP contribution in [0.1, 0.15) is 26.4 Å². The largest absolute Gasteiger partial charge is 0.423 e. The summed E-state index contributed by atoms with van der Waals surface area (Å²) in [6.07, 6.45) is 2.99. The Morgan fingerprint density at radius 2 is 1.89 bits per heavy atom. The third kappa shape index (κ3) is 5.32. The van der Waals surface area contributed by atoms with Crippen molar-refractivity contribution in [3.63, 3.8) is 0 Å². The number of nitrogens with zero attached hydrogens (tertiary/aromatic N) is 2. The zero-order valence-electron chi connectivity index (χ0n) is 14.0. The van der Waals surface area contributed by atoms with Gasteiger partial charge in [0.1, 0.15) is 11.4 Å². The Hall–Kier alpha value is -3.32. The van der Waals surface area contributed by atoms with E-state index in [1.165, 1.54) is 12.4 Å². The van der Waals surface area contributed by atoms with Gasteiger partial charge in [-0.2, -0.15) is 5.10 Å². The average molecular weight is 424 g/mol. The number of carbonyl (C=O) groups is 2. The van der Waals surface area contributed by atoms with Crippen LogP contribution in [-0.2, 0) is 0 Å². The highest BCUT2D eigenvalue weighted by molar-refractivity contribution is 9.10. The predicted molar refractivity (Wildman–Crippen MR) is 105 cm³/mol. The van der Waals surface area contributed by atoms with Gasteiger partial charge in [0.05, 0.1) is 11.8 Å². The molecule has 0 radical (unpaired) electrons. The second-order valence-electron chi connectivity index (χ2n) is 5.39. The van der Waals surface area contributed by atoms with Crippen molar-refractivity contribution >= 4 is 34.0 Å². The van der Waals surface area contributed by atoms with E-state index in [1.54, 1.807) is 60.7 Å². The Kier molecular flexibility index (Phi) is 6.06. The lowest BCUT2D eigenvalue weighted by Crippen LogP contribution is -2.18. The van der Waals surface area contributed by atoms with E-state index in [0.29, 0.717) is 16.9 Å². The molecule has 0 saturated heterocycles. The number of rotatable bonds is 5. The first-order valence-electron chi connectivity index (χ1n) is 7.94. The number of hydrazone groups is 1. The monoisotopic (exact) mass is 423 g/mol. The highest BCUT2D eigenvalue weighted by atomic mass is 79.9. The van der Waals surface area contributed by atoms with Crippen LogP contribution < -0.4 is 10.2 Å². The van der Waals surface area contributed by atoms with Gasteiger partial charge in [-0.3, -0.25) is 9.78 Å². The van der Waals surface area contributed by atoms with E-state index >= 15 is 0 Å². The molecular weight excluding hydrogens is 410 g/mol. The molecule has 1 N–H and O–H groups in total. The SMILES string of the molecule is O=C(Oc1cccc(C=NNC(=O)c2ccccn2)c1)c1cccc(Br)c1. The van der Waals surface area contributed by atoms with Crippen LogP contribution in [0.4, 0.5) is 0 Å². The van der Waals surface area contributed by atoms with Gasteiger partial charge in [-0.15, -0.1) is 0 Å². The predicted octanol–water partition coefficient (Wildman–Crippen LogP) is 3.83. The standard InChI is InChI=1S/C20H14BrN3O3/c21-16-7-4-6-15(12-16)20(26)27-17-8-3-5-14(11-17)13-23-24-19(25)18-9-1-2-10-22-18/h1-13H,(H,24,25). The summed E-state index contributed by atoms with van der Waals surface area (Å²) in [6.45, 7) is 0. The van der Waals surface area contributed by atoms with Crippen LogP contribution in [0.5, 0.6) is 5.75 Å². The number of nitrogens with one attached hydrogen (secondary N) is 1. The molecule has 0 aliphatic carbocycles. The van der Waals surface area contributed by atoms with Crippen molar-refractivity contribution in [1.29, 1.82) is 0 Å². The zero-order chi connectivity index (χ0) is 19.1. The summed E-state index contributed by atoms with van der Waals surface area (Å²) < 4.78 is 6.17. The summed E-state index contributed by atoms with van der Waals surface area (Å²) >= 11 is 3.32. The lowest BCUT2D eigenvalue weighted by molar-refractivity contribution is 0.0734. The molecule has 1 aromatic heterocycles. The van der Waals surface area contributed by atoms with Crippen LogP contribution in [-0.4, -0.2) is 23.1 Å². The first-order chi connectivity index (χ1) is 13.1. The maximum Gasteiger partial charge on any atom is 0.343 e. The molecule has 7 heteroatoms. The lowest BCUT2D eigenvalue weighted by Gasteiger charge is -2.05. The Morgan fingerprint density at radius 3 is 2.67 bits per heavy atom. The minimum Gasteiger partial charge on any atom is -0.423 e. The molecule has 0 bridgehead atoms. The fourth-order valence-electron chi connectivity index (χ4n) is 2.16. The highest BCUT2D eigenvalue weighted by Gasteiger charge is 2.09. The zero-order valence-corrected chi connectivity index (χ0v) is 15.6. The molecule has 0 aliphatic heterocycles. The van der Waals surface area contributed by atoms with Crippen molar-refractivity contribution in [3.8, 4) is 5.75 Å². The summed E-state index contributed by atoms with van der Waals surface area (Å²) in [5.41, 5.74) is 3.76. The molecule has 0 fully saturated rings. The Bertz CT molecular complexity index is 991. The van der Waals surface area contributed by atoms with E-state index in [1.807, 2.05) is 6.07 Å². The van der Waals surface area contributed by atoms with Crippen molar-refractivity contribution < 1.29 is 14.3 Å². The van der Waals surface area contributed by atoms with Crippen LogP contribution in [0.2, 0.25) is 0 Å². The smallest absolute Gasteiger partial charge is 0.343 e. The summed E-state index contributed by atoms with van der Waals surface area (Å²) in [6, 6.07) is 18.8. The lowest BCUT2D eigenvalue weighted by atomic mass is 10.2. The number of halogens is 1. The van der Waals surface area contributed by atoms with Crippen molar-refractivity contribution in [2.24, 2.45) is 5.10 Å². The van der Waals surface area contributed by atoms with Gasteiger partial charge in [-0.05, 0) is 48.0 Å². The number of benzene rings is 2. The molecule has 6 nitrogen and oxygen atoms in total. The van der Waals surface area contributed by atoms with Crippen molar-refractivity contribution in [3.05, 3.63) is 94.2 Å². The maximum absolute atomic E-state index is 12.2. The quantitative estimate of drug-likeness (QED) is 0.292. The molecule has 1 amide bonds. The molecule has 27 heavy (non-hydrogen) atoms. The van der Waals surface area contributed by atoms with Crippen LogP contribution in [0.15, 0.2) is 82.5 Å². The van der Waals surface area contributed by atoms with Gasteiger partial charge >= 0.3 is 5.97 Å². The molecule has 0 spiro atoms. The van der Waals surface area contributed by atoms with Crippen LogP contribution in [0.3, 0.4) is 0 Å². The maximum atomic E-state index is 12.2. The minimum atomic E-state index is -0.464. The summed E-state index contributed by atoms with van der Waals surface area (Å²) in [5.74, 6) is -0.502. The minimum absolute atomic E-state index is 0.270. The Balaban J connectivity index is 1.63. The van der Waals surface area contributed by atoms with E-state index in [0.717, 1.165) is 4.47 Å². The molecule has 3 rings (SSSR count). The molecule has 1 heterocycles. The molecule has 2 aromatic carbocycles. The average Bonchev–Trinajstić information content (AvgIpc) is 2.69. The van der Waals surface area contributed by atoms with E-state index in [4.69, 9.17) is 4.74 Å². The van der Waals surface area contributed by atoms with E-state index in [9.17, 15) is 9.59 Å². The number of hydrogen-bond acceptors (Lipinski definition) is 5. The summed E-state index contributed by atoms with van der Waals surface area (Å²) in [4.78, 5) is 28.0. The number of esters is 1. The van der Waals surface area contributed by atoms with E-state index < -0.39 is 11.9 Å². The van der Waals surface area contributed by atoms with E-state index in [-0.39, 0.29) is 5.69 Å². The first-order valence-corrected chi connectivity index (χ1v) is 8.73. The van der Waals surface area contributed by atoms with Crippen molar-refractivity contribution in [1.82, 2.24) is 10.4 Å². The highest BCUT2D eigenvalue weighted by Crippen LogP contribution is 2.16. The number of ether oxygens (including phenoxy) is 1. The van der Waals surface area contributed by atoms with Gasteiger partial charge in [-0.1, -0.05) is 40.2 Å². The molecular formula is C20H14BrN3O3. The Morgan fingerprint density at radius 1 is 1.04 bits per heavy atom. The number of pyridine rings is 1. The van der Waals surface area contributed by atoms with Gasteiger partial charge in [0.2, 0.25) is 0 Å². The third-order valence-electron chi connectivity index (χ3n) is 3.41. The third-order valence-corrected chi connectivity index (χ3v) is 3.90. The molecule has 0 unspecified atom stereocenters. The number of aromatic nitrogens is 1. The summed E-state index contributed by atoms with van der Waals surface area (Å²) in [7, 11) is 0. The topological polar surface area (TPSA) is 80.6 Å². The van der Waals surface area contributed by atoms with Gasteiger partial charge in [0.15, 0.2) is 0 Å². The first kappa shape index (κ1) is 18.5. The van der Waals surface area contributed by atoms with Crippen LogP contribution >= 0.6 is 15.9 Å². The van der Waals surface area contributed by atoms with Crippen molar-refractivity contribution in [2.45, 2.75) is 0 Å².